The van der Waals surface area contributed by atoms with E-state index in [1.165, 1.54) is 17.2 Å². The van der Waals surface area contributed by atoms with Gasteiger partial charge in [0, 0.05) is 26.3 Å². The fourth-order valence-corrected chi connectivity index (χ4v) is 1.58. The summed E-state index contributed by atoms with van der Waals surface area (Å²) in [5.41, 5.74) is -0.692. The maximum atomic E-state index is 12.8. The average Bonchev–Trinajstić information content (AvgIpc) is 2.33. The van der Waals surface area contributed by atoms with Gasteiger partial charge in [0.15, 0.2) is 0 Å². The number of hydrogen-bond acceptors (Lipinski definition) is 3. The van der Waals surface area contributed by atoms with Crippen LogP contribution in [0, 0.1) is 0 Å². The highest BCUT2D eigenvalue weighted by atomic mass is 19.4. The molecule has 0 fully saturated rings. The largest absolute Gasteiger partial charge is 0.419 e. The third-order valence-electron chi connectivity index (χ3n) is 2.50. The van der Waals surface area contributed by atoms with Crippen LogP contribution in [-0.4, -0.2) is 31.7 Å². The fourth-order valence-electron chi connectivity index (χ4n) is 1.58. The molecule has 1 aromatic heterocycles. The predicted molar refractivity (Wildman–Crippen MR) is 65.7 cm³/mol. The molecule has 6 heteroatoms. The van der Waals surface area contributed by atoms with Crippen molar-refractivity contribution in [1.29, 1.82) is 0 Å². The molecule has 0 aliphatic carbocycles. The van der Waals surface area contributed by atoms with E-state index >= 15 is 0 Å². The topological polar surface area (TPSA) is 28.2 Å². The van der Waals surface area contributed by atoms with Gasteiger partial charge >= 0.3 is 6.18 Å². The molecule has 3 nitrogen and oxygen atoms in total. The molecule has 0 amide bonds. The van der Waals surface area contributed by atoms with Gasteiger partial charge in [0.25, 0.3) is 0 Å². The summed E-state index contributed by atoms with van der Waals surface area (Å²) >= 11 is 0. The van der Waals surface area contributed by atoms with Gasteiger partial charge < -0.3 is 10.2 Å². The van der Waals surface area contributed by atoms with E-state index in [9.17, 15) is 13.2 Å². The van der Waals surface area contributed by atoms with Crippen molar-refractivity contribution < 1.29 is 13.2 Å². The summed E-state index contributed by atoms with van der Waals surface area (Å²) < 4.78 is 38.3. The maximum Gasteiger partial charge on any atom is 0.419 e. The second-order valence-electron chi connectivity index (χ2n) is 4.04. The Morgan fingerprint density at radius 1 is 1.33 bits per heavy atom. The molecular weight excluding hydrogens is 243 g/mol. The van der Waals surface area contributed by atoms with Crippen LogP contribution >= 0.6 is 0 Å². The third-order valence-corrected chi connectivity index (χ3v) is 2.50. The van der Waals surface area contributed by atoms with Gasteiger partial charge in [0.2, 0.25) is 0 Å². The molecule has 0 aromatic carbocycles. The lowest BCUT2D eigenvalue weighted by atomic mass is 10.2. The molecule has 0 spiro atoms. The monoisotopic (exact) mass is 261 g/mol. The molecule has 18 heavy (non-hydrogen) atoms. The van der Waals surface area contributed by atoms with Crippen molar-refractivity contribution >= 4 is 5.82 Å². The lowest BCUT2D eigenvalue weighted by molar-refractivity contribution is -0.137. The van der Waals surface area contributed by atoms with E-state index < -0.39 is 11.7 Å². The van der Waals surface area contributed by atoms with Crippen molar-refractivity contribution in [2.75, 3.05) is 31.6 Å². The van der Waals surface area contributed by atoms with Crippen LogP contribution in [0.2, 0.25) is 0 Å². The Morgan fingerprint density at radius 3 is 2.67 bits per heavy atom. The normalized spacial score (nSPS) is 11.6. The van der Waals surface area contributed by atoms with E-state index in [4.69, 9.17) is 0 Å². The molecule has 0 bridgehead atoms. The second-order valence-corrected chi connectivity index (χ2v) is 4.04. The number of halogens is 3. The van der Waals surface area contributed by atoms with Crippen LogP contribution in [0.15, 0.2) is 18.3 Å². The zero-order valence-corrected chi connectivity index (χ0v) is 10.6. The van der Waals surface area contributed by atoms with E-state index in [1.807, 2.05) is 6.92 Å². The number of aromatic nitrogens is 1. The number of nitrogens with zero attached hydrogens (tertiary/aromatic N) is 2. The number of hydrogen-bond donors (Lipinski definition) is 1. The SMILES string of the molecule is CCCNCCN(C)c1ncccc1C(F)(F)F. The van der Waals surface area contributed by atoms with Crippen molar-refractivity contribution in [2.45, 2.75) is 19.5 Å². The third kappa shape index (κ3) is 4.18. The standard InChI is InChI=1S/C12H18F3N3/c1-3-6-16-8-9-18(2)11-10(12(13,14)15)5-4-7-17-11/h4-5,7,16H,3,6,8-9H2,1-2H3. The molecule has 0 atom stereocenters. The average molecular weight is 261 g/mol. The molecule has 102 valence electrons. The molecule has 0 radical (unpaired) electrons. The zero-order valence-electron chi connectivity index (χ0n) is 10.6. The summed E-state index contributed by atoms with van der Waals surface area (Å²) in [6, 6.07) is 2.35. The van der Waals surface area contributed by atoms with Crippen molar-refractivity contribution in [3.8, 4) is 0 Å². The van der Waals surface area contributed by atoms with Gasteiger partial charge in [-0.2, -0.15) is 13.2 Å². The van der Waals surface area contributed by atoms with Gasteiger partial charge in [-0.05, 0) is 25.1 Å². The Bertz CT molecular complexity index is 366. The summed E-state index contributed by atoms with van der Waals surface area (Å²) in [7, 11) is 1.62. The Morgan fingerprint density at radius 2 is 2.06 bits per heavy atom. The van der Waals surface area contributed by atoms with Crippen LogP contribution in [0.3, 0.4) is 0 Å². The van der Waals surface area contributed by atoms with Gasteiger partial charge in [-0.3, -0.25) is 0 Å². The second kappa shape index (κ2) is 6.58. The van der Waals surface area contributed by atoms with Crippen LogP contribution in [-0.2, 0) is 6.18 Å². The van der Waals surface area contributed by atoms with Crippen LogP contribution in [0.4, 0.5) is 19.0 Å². The molecule has 0 aliphatic heterocycles. The minimum Gasteiger partial charge on any atom is -0.358 e. The summed E-state index contributed by atoms with van der Waals surface area (Å²) in [6.07, 6.45) is -1.99. The molecule has 0 aliphatic rings. The van der Waals surface area contributed by atoms with Crippen molar-refractivity contribution in [2.24, 2.45) is 0 Å². The van der Waals surface area contributed by atoms with Gasteiger partial charge in [-0.1, -0.05) is 6.92 Å². The molecule has 0 saturated carbocycles. The smallest absolute Gasteiger partial charge is 0.358 e. The number of likely N-dealkylation sites (N-methyl/N-ethyl adjacent to an activating group) is 1. The number of nitrogens with one attached hydrogen (secondary N) is 1. The molecule has 0 saturated heterocycles. The van der Waals surface area contributed by atoms with E-state index in [1.54, 1.807) is 7.05 Å². The molecule has 1 rings (SSSR count). The van der Waals surface area contributed by atoms with Crippen LogP contribution in [0.25, 0.3) is 0 Å². The molecular formula is C12H18F3N3. The maximum absolute atomic E-state index is 12.8. The summed E-state index contributed by atoms with van der Waals surface area (Å²) in [5.74, 6) is -0.0247. The predicted octanol–water partition coefficient (Wildman–Crippen LogP) is 2.54. The fraction of sp³-hybridized carbons (Fsp3) is 0.583. The van der Waals surface area contributed by atoms with Crippen LogP contribution in [0.1, 0.15) is 18.9 Å². The Labute approximate surface area is 105 Å². The molecule has 1 N–H and O–H groups in total. The lowest BCUT2D eigenvalue weighted by Gasteiger charge is -2.22. The van der Waals surface area contributed by atoms with Crippen LogP contribution in [0.5, 0.6) is 0 Å². The first-order valence-corrected chi connectivity index (χ1v) is 5.91. The highest BCUT2D eigenvalue weighted by molar-refractivity contribution is 5.47. The number of anilines is 1. The molecule has 1 aromatic rings. The highest BCUT2D eigenvalue weighted by Crippen LogP contribution is 2.34. The molecule has 1 heterocycles. The number of rotatable bonds is 6. The van der Waals surface area contributed by atoms with Gasteiger partial charge in [0.1, 0.15) is 5.82 Å². The van der Waals surface area contributed by atoms with Crippen molar-refractivity contribution in [3.05, 3.63) is 23.9 Å². The number of pyridine rings is 1. The minimum absolute atomic E-state index is 0.0247. The highest BCUT2D eigenvalue weighted by Gasteiger charge is 2.34. The lowest BCUT2D eigenvalue weighted by Crippen LogP contribution is -2.31. The summed E-state index contributed by atoms with van der Waals surface area (Å²) in [5, 5.41) is 3.14. The number of alkyl halides is 3. The van der Waals surface area contributed by atoms with E-state index in [0.717, 1.165) is 19.0 Å². The van der Waals surface area contributed by atoms with Crippen molar-refractivity contribution in [3.63, 3.8) is 0 Å². The van der Waals surface area contributed by atoms with Gasteiger partial charge in [0.05, 0.1) is 5.56 Å². The minimum atomic E-state index is -4.37. The van der Waals surface area contributed by atoms with E-state index in [0.29, 0.717) is 13.1 Å². The summed E-state index contributed by atoms with van der Waals surface area (Å²) in [4.78, 5) is 5.34. The van der Waals surface area contributed by atoms with E-state index in [-0.39, 0.29) is 5.82 Å². The first-order valence-electron chi connectivity index (χ1n) is 5.91. The first kappa shape index (κ1) is 14.8. The van der Waals surface area contributed by atoms with E-state index in [2.05, 4.69) is 10.3 Å². The quantitative estimate of drug-likeness (QED) is 0.798. The van der Waals surface area contributed by atoms with Crippen molar-refractivity contribution in [1.82, 2.24) is 10.3 Å². The Balaban J connectivity index is 2.70. The van der Waals surface area contributed by atoms with Crippen LogP contribution < -0.4 is 10.2 Å². The first-order chi connectivity index (χ1) is 8.46. The van der Waals surface area contributed by atoms with Gasteiger partial charge in [-0.15, -0.1) is 0 Å². The Kier molecular flexibility index (Phi) is 5.40. The van der Waals surface area contributed by atoms with Gasteiger partial charge in [-0.25, -0.2) is 4.98 Å². The molecule has 0 unspecified atom stereocenters. The summed E-state index contributed by atoms with van der Waals surface area (Å²) in [6.45, 7) is 4.03. The Hall–Kier alpha value is -1.30. The zero-order chi connectivity index (χ0) is 13.6.